The average Bonchev–Trinajstić information content (AvgIpc) is 2.20. The fraction of sp³-hybridized carbons (Fsp3) is 0.500. The normalized spacial score (nSPS) is 10.1. The van der Waals surface area contributed by atoms with Crippen LogP contribution in [0.15, 0.2) is 9.95 Å². The summed E-state index contributed by atoms with van der Waals surface area (Å²) in [5, 5.41) is 6.42. The molecule has 0 aliphatic heterocycles. The van der Waals surface area contributed by atoms with Crippen LogP contribution in [0.25, 0.3) is 0 Å². The van der Waals surface area contributed by atoms with E-state index in [1.807, 2.05) is 6.92 Å². The number of aromatic nitrogens is 3. The Morgan fingerprint density at radius 1 is 1.90 bits per heavy atom. The number of nitrogens with zero attached hydrogens (tertiary/aromatic N) is 2. The Bertz CT molecular complexity index is 264. The van der Waals surface area contributed by atoms with Crippen LogP contribution in [0.2, 0.25) is 0 Å². The molecule has 0 saturated heterocycles. The van der Waals surface area contributed by atoms with Gasteiger partial charge in [-0.05, 0) is 5.75 Å². The zero-order valence-corrected chi connectivity index (χ0v) is 6.31. The molecule has 1 rings (SSSR count). The van der Waals surface area contributed by atoms with Crippen LogP contribution >= 0.6 is 11.8 Å². The van der Waals surface area contributed by atoms with Crippen LogP contribution in [-0.4, -0.2) is 20.6 Å². The summed E-state index contributed by atoms with van der Waals surface area (Å²) in [7, 11) is 0. The Morgan fingerprint density at radius 2 is 2.60 bits per heavy atom. The molecule has 0 atom stereocenters. The van der Waals surface area contributed by atoms with Crippen molar-refractivity contribution < 1.29 is 0 Å². The predicted molar refractivity (Wildman–Crippen MR) is 39.4 cm³/mol. The summed E-state index contributed by atoms with van der Waals surface area (Å²) in [5.74, 6) is 6.13. The van der Waals surface area contributed by atoms with Gasteiger partial charge in [0.05, 0.1) is 0 Å². The molecule has 10 heavy (non-hydrogen) atoms. The first-order valence-electron chi connectivity index (χ1n) is 2.81. The molecule has 0 saturated carbocycles. The molecule has 0 aliphatic carbocycles. The standard InChI is InChI=1S/C4H8N4OS/c1-2-10-4-7-6-3(9)8(4)5/h2,5H2,1H3,(H,6,9). The molecule has 0 spiro atoms. The molecule has 5 nitrogen and oxygen atoms in total. The minimum atomic E-state index is -0.379. The molecule has 0 amide bonds. The third-order valence-corrected chi connectivity index (χ3v) is 1.78. The highest BCUT2D eigenvalue weighted by Gasteiger charge is 2.01. The van der Waals surface area contributed by atoms with Crippen molar-refractivity contribution in [2.75, 3.05) is 11.6 Å². The maximum Gasteiger partial charge on any atom is 0.362 e. The minimum Gasteiger partial charge on any atom is -0.333 e. The van der Waals surface area contributed by atoms with E-state index in [0.29, 0.717) is 5.16 Å². The summed E-state index contributed by atoms with van der Waals surface area (Å²) < 4.78 is 0.994. The van der Waals surface area contributed by atoms with Gasteiger partial charge in [0.2, 0.25) is 5.16 Å². The van der Waals surface area contributed by atoms with E-state index in [1.165, 1.54) is 11.8 Å². The molecular formula is C4H8N4OS. The van der Waals surface area contributed by atoms with E-state index < -0.39 is 0 Å². The molecule has 0 fully saturated rings. The molecule has 0 aliphatic rings. The second kappa shape index (κ2) is 2.78. The predicted octanol–water partition coefficient (Wildman–Crippen LogP) is -0.603. The molecule has 0 aromatic carbocycles. The summed E-state index contributed by atoms with van der Waals surface area (Å²) in [5.41, 5.74) is -0.379. The van der Waals surface area contributed by atoms with Crippen molar-refractivity contribution in [3.8, 4) is 0 Å². The Labute approximate surface area is 61.6 Å². The average molecular weight is 160 g/mol. The number of nitrogens with two attached hydrogens (primary N) is 1. The highest BCUT2D eigenvalue weighted by atomic mass is 32.2. The summed E-state index contributed by atoms with van der Waals surface area (Å²) in [6, 6.07) is 0. The second-order valence-corrected chi connectivity index (χ2v) is 2.85. The lowest BCUT2D eigenvalue weighted by Gasteiger charge is -1.92. The van der Waals surface area contributed by atoms with Crippen molar-refractivity contribution in [3.05, 3.63) is 10.5 Å². The van der Waals surface area contributed by atoms with Crippen LogP contribution in [0.5, 0.6) is 0 Å². The van der Waals surface area contributed by atoms with Crippen LogP contribution < -0.4 is 11.5 Å². The van der Waals surface area contributed by atoms with Crippen molar-refractivity contribution in [1.82, 2.24) is 14.9 Å². The summed E-state index contributed by atoms with van der Waals surface area (Å²) in [6.45, 7) is 1.96. The van der Waals surface area contributed by atoms with Gasteiger partial charge in [0.15, 0.2) is 0 Å². The quantitative estimate of drug-likeness (QED) is 0.447. The zero-order chi connectivity index (χ0) is 7.56. The summed E-state index contributed by atoms with van der Waals surface area (Å²) >= 11 is 1.42. The van der Waals surface area contributed by atoms with E-state index in [9.17, 15) is 4.79 Å². The van der Waals surface area contributed by atoms with E-state index in [4.69, 9.17) is 5.84 Å². The number of aromatic amines is 1. The van der Waals surface area contributed by atoms with Crippen molar-refractivity contribution >= 4 is 11.8 Å². The van der Waals surface area contributed by atoms with Gasteiger partial charge in [0.1, 0.15) is 0 Å². The van der Waals surface area contributed by atoms with Gasteiger partial charge in [-0.2, -0.15) is 4.68 Å². The van der Waals surface area contributed by atoms with Gasteiger partial charge in [-0.3, -0.25) is 0 Å². The molecular weight excluding hydrogens is 152 g/mol. The number of thioether (sulfide) groups is 1. The van der Waals surface area contributed by atoms with Crippen LogP contribution in [0.4, 0.5) is 0 Å². The molecule has 3 N–H and O–H groups in total. The van der Waals surface area contributed by atoms with Crippen molar-refractivity contribution in [1.29, 1.82) is 0 Å². The largest absolute Gasteiger partial charge is 0.362 e. The third-order valence-electron chi connectivity index (χ3n) is 0.946. The Hall–Kier alpha value is -0.910. The Kier molecular flexibility index (Phi) is 2.00. The Morgan fingerprint density at radius 3 is 3.00 bits per heavy atom. The number of nitrogen functional groups attached to an aromatic ring is 1. The van der Waals surface area contributed by atoms with Crippen molar-refractivity contribution in [2.24, 2.45) is 0 Å². The lowest BCUT2D eigenvalue weighted by atomic mass is 11.0. The monoisotopic (exact) mass is 160 g/mol. The van der Waals surface area contributed by atoms with Gasteiger partial charge in [0.25, 0.3) is 0 Å². The number of hydrogen-bond acceptors (Lipinski definition) is 4. The first kappa shape index (κ1) is 7.20. The van der Waals surface area contributed by atoms with E-state index >= 15 is 0 Å². The van der Waals surface area contributed by atoms with Gasteiger partial charge in [0, 0.05) is 0 Å². The first-order chi connectivity index (χ1) is 4.75. The molecule has 1 aromatic heterocycles. The maximum absolute atomic E-state index is 10.6. The van der Waals surface area contributed by atoms with E-state index in [1.54, 1.807) is 0 Å². The molecule has 0 radical (unpaired) electrons. The molecule has 6 heteroatoms. The molecule has 56 valence electrons. The van der Waals surface area contributed by atoms with E-state index in [-0.39, 0.29) is 5.69 Å². The molecule has 0 unspecified atom stereocenters. The number of nitrogens with one attached hydrogen (secondary N) is 1. The highest BCUT2D eigenvalue weighted by Crippen LogP contribution is 2.08. The van der Waals surface area contributed by atoms with Gasteiger partial charge < -0.3 is 5.84 Å². The lowest BCUT2D eigenvalue weighted by Crippen LogP contribution is -2.24. The zero-order valence-electron chi connectivity index (χ0n) is 5.50. The van der Waals surface area contributed by atoms with Gasteiger partial charge in [-0.1, -0.05) is 18.7 Å². The van der Waals surface area contributed by atoms with E-state index in [2.05, 4.69) is 10.2 Å². The van der Waals surface area contributed by atoms with E-state index in [0.717, 1.165) is 10.4 Å². The summed E-state index contributed by atoms with van der Waals surface area (Å²) in [4.78, 5) is 10.6. The maximum atomic E-state index is 10.6. The fourth-order valence-corrected chi connectivity index (χ4v) is 1.11. The topological polar surface area (TPSA) is 76.7 Å². The van der Waals surface area contributed by atoms with Crippen molar-refractivity contribution in [2.45, 2.75) is 12.1 Å². The highest BCUT2D eigenvalue weighted by molar-refractivity contribution is 7.99. The molecule has 0 bridgehead atoms. The lowest BCUT2D eigenvalue weighted by molar-refractivity contribution is 0.827. The number of H-pyrrole nitrogens is 1. The van der Waals surface area contributed by atoms with Crippen molar-refractivity contribution in [3.63, 3.8) is 0 Å². The van der Waals surface area contributed by atoms with Gasteiger partial charge in [-0.15, -0.1) is 5.10 Å². The molecule has 1 heterocycles. The SMILES string of the molecule is CCSc1n[nH]c(=O)n1N. The third kappa shape index (κ3) is 1.15. The van der Waals surface area contributed by atoms with Crippen LogP contribution in [-0.2, 0) is 0 Å². The number of rotatable bonds is 2. The Balaban J connectivity index is 2.94. The smallest absolute Gasteiger partial charge is 0.333 e. The van der Waals surface area contributed by atoms with Crippen LogP contribution in [0, 0.1) is 0 Å². The van der Waals surface area contributed by atoms with Gasteiger partial charge >= 0.3 is 5.69 Å². The van der Waals surface area contributed by atoms with Gasteiger partial charge in [-0.25, -0.2) is 9.89 Å². The van der Waals surface area contributed by atoms with Crippen LogP contribution in [0.1, 0.15) is 6.92 Å². The summed E-state index contributed by atoms with van der Waals surface area (Å²) in [6.07, 6.45) is 0. The fourth-order valence-electron chi connectivity index (χ4n) is 0.521. The molecule has 1 aromatic rings. The number of hydrogen-bond donors (Lipinski definition) is 2. The minimum absolute atomic E-state index is 0.379. The van der Waals surface area contributed by atoms with Crippen LogP contribution in [0.3, 0.4) is 0 Å². The first-order valence-corrected chi connectivity index (χ1v) is 3.79. The second-order valence-electron chi connectivity index (χ2n) is 1.61.